The van der Waals surface area contributed by atoms with Crippen LogP contribution in [0.4, 0.5) is 0 Å². The number of rotatable bonds is 4. The molecule has 0 aromatic carbocycles. The van der Waals surface area contributed by atoms with Crippen LogP contribution in [-0.2, 0) is 9.53 Å². The molecular weight excluding hydrogens is 296 g/mol. The number of nitrogens with one attached hydrogen (secondary N) is 1. The fraction of sp³-hybridized carbons (Fsp3) is 0.765. The fourth-order valence-electron chi connectivity index (χ4n) is 3.22. The van der Waals surface area contributed by atoms with Crippen LogP contribution in [0, 0.1) is 5.92 Å². The van der Waals surface area contributed by atoms with Crippen molar-refractivity contribution in [2.24, 2.45) is 5.92 Å². The average Bonchev–Trinajstić information content (AvgIpc) is 2.77. The van der Waals surface area contributed by atoms with Gasteiger partial charge in [0.25, 0.3) is 5.91 Å². The van der Waals surface area contributed by atoms with E-state index in [1.807, 2.05) is 25.7 Å². The van der Waals surface area contributed by atoms with Gasteiger partial charge in [-0.3, -0.25) is 4.79 Å². The Morgan fingerprint density at radius 2 is 2.09 bits per heavy atom. The quantitative estimate of drug-likeness (QED) is 0.807. The predicted molar refractivity (Wildman–Crippen MR) is 92.6 cm³/mol. The molecule has 1 amide bonds. The lowest BCUT2D eigenvalue weighted by molar-refractivity contribution is -0.129. The van der Waals surface area contributed by atoms with Gasteiger partial charge in [0.05, 0.1) is 17.1 Å². The van der Waals surface area contributed by atoms with E-state index < -0.39 is 0 Å². The normalized spacial score (nSPS) is 29.1. The van der Waals surface area contributed by atoms with Gasteiger partial charge in [-0.05, 0) is 40.0 Å². The van der Waals surface area contributed by atoms with Gasteiger partial charge in [0.2, 0.25) is 0 Å². The van der Waals surface area contributed by atoms with Crippen LogP contribution in [0.3, 0.4) is 0 Å². The molecule has 0 bridgehead atoms. The van der Waals surface area contributed by atoms with E-state index >= 15 is 0 Å². The van der Waals surface area contributed by atoms with E-state index in [2.05, 4.69) is 26.1 Å². The maximum absolute atomic E-state index is 12.6. The van der Waals surface area contributed by atoms with Gasteiger partial charge in [-0.1, -0.05) is 26.1 Å². The van der Waals surface area contributed by atoms with E-state index in [4.69, 9.17) is 17.0 Å². The number of hydrogen-bond acceptors (Lipinski definition) is 3. The van der Waals surface area contributed by atoms with Crippen LogP contribution in [0.5, 0.6) is 0 Å². The number of thiocarbonyl (C=S) groups is 1. The van der Waals surface area contributed by atoms with Gasteiger partial charge in [0, 0.05) is 18.5 Å². The Morgan fingerprint density at radius 1 is 1.45 bits per heavy atom. The van der Waals surface area contributed by atoms with Crippen molar-refractivity contribution in [3.63, 3.8) is 0 Å². The number of ether oxygens (including phenoxy) is 1. The van der Waals surface area contributed by atoms with Gasteiger partial charge in [-0.15, -0.1) is 0 Å². The highest BCUT2D eigenvalue weighted by molar-refractivity contribution is 7.80. The van der Waals surface area contributed by atoms with Crippen molar-refractivity contribution in [1.82, 2.24) is 10.2 Å². The minimum atomic E-state index is -0.299. The Hall–Kier alpha value is -1.10. The summed E-state index contributed by atoms with van der Waals surface area (Å²) < 4.78 is 6.08. The average molecular weight is 324 g/mol. The second-order valence-electron chi connectivity index (χ2n) is 7.78. The summed E-state index contributed by atoms with van der Waals surface area (Å²) in [5.74, 6) is 1.34. The lowest BCUT2D eigenvalue weighted by Gasteiger charge is -2.36. The van der Waals surface area contributed by atoms with Crippen LogP contribution >= 0.6 is 12.2 Å². The Labute approximate surface area is 139 Å². The van der Waals surface area contributed by atoms with E-state index in [0.29, 0.717) is 5.92 Å². The molecule has 22 heavy (non-hydrogen) atoms. The van der Waals surface area contributed by atoms with Gasteiger partial charge in [0.1, 0.15) is 11.4 Å². The molecule has 1 unspecified atom stereocenters. The van der Waals surface area contributed by atoms with Crippen molar-refractivity contribution in [2.45, 2.75) is 78.1 Å². The van der Waals surface area contributed by atoms with Crippen molar-refractivity contribution in [1.29, 1.82) is 0 Å². The van der Waals surface area contributed by atoms with Crippen LogP contribution in [0.2, 0.25) is 0 Å². The molecule has 2 rings (SSSR count). The molecule has 124 valence electrons. The smallest absolute Gasteiger partial charge is 0.250 e. The first kappa shape index (κ1) is 17.3. The maximum atomic E-state index is 12.6. The zero-order valence-electron chi connectivity index (χ0n) is 14.5. The standard InChI is InChI=1S/C17H28N2O2S/c1-10(2)7-13-14(21-17(4,5)6)9-16(20)19(13)12-8-15(22)18-11(12)3/h9-13H,7-8H2,1-6H3,(H,18,22)/t11-,12-,13?/m0/s1. The van der Waals surface area contributed by atoms with Gasteiger partial charge < -0.3 is 15.0 Å². The Bertz CT molecular complexity index is 493. The third-order valence-electron chi connectivity index (χ3n) is 4.02. The SMILES string of the molecule is CC(C)CC1C(OC(C)(C)C)=CC(=O)N1[C@H]1CC(=S)N[C@H]1C. The number of hydrogen-bond donors (Lipinski definition) is 1. The largest absolute Gasteiger partial charge is 0.490 e. The van der Waals surface area contributed by atoms with Crippen molar-refractivity contribution in [3.8, 4) is 0 Å². The molecule has 4 nitrogen and oxygen atoms in total. The first-order valence-electron chi connectivity index (χ1n) is 8.10. The first-order chi connectivity index (χ1) is 10.1. The lowest BCUT2D eigenvalue weighted by Crippen LogP contribution is -2.49. The summed E-state index contributed by atoms with van der Waals surface area (Å²) in [7, 11) is 0. The number of amides is 1. The Balaban J connectivity index is 2.25. The molecule has 1 saturated heterocycles. The Morgan fingerprint density at radius 3 is 2.55 bits per heavy atom. The highest BCUT2D eigenvalue weighted by Crippen LogP contribution is 2.33. The lowest BCUT2D eigenvalue weighted by atomic mass is 9.99. The summed E-state index contributed by atoms with van der Waals surface area (Å²) in [5, 5.41) is 3.27. The molecule has 0 spiro atoms. The van der Waals surface area contributed by atoms with Crippen molar-refractivity contribution < 1.29 is 9.53 Å². The van der Waals surface area contributed by atoms with Crippen LogP contribution in [-0.4, -0.2) is 39.5 Å². The molecule has 5 heteroatoms. The van der Waals surface area contributed by atoms with Crippen LogP contribution in [0.15, 0.2) is 11.8 Å². The molecule has 0 aliphatic carbocycles. The third-order valence-corrected chi connectivity index (χ3v) is 4.31. The molecular formula is C17H28N2O2S. The molecule has 2 aliphatic heterocycles. The highest BCUT2D eigenvalue weighted by atomic mass is 32.1. The molecule has 0 aromatic rings. The Kier molecular flexibility index (Phi) is 4.85. The molecule has 3 atom stereocenters. The second-order valence-corrected chi connectivity index (χ2v) is 8.27. The molecule has 1 N–H and O–H groups in total. The van der Waals surface area contributed by atoms with E-state index in [0.717, 1.165) is 23.6 Å². The summed E-state index contributed by atoms with van der Waals surface area (Å²) in [4.78, 5) is 15.4. The summed E-state index contributed by atoms with van der Waals surface area (Å²) >= 11 is 5.29. The topological polar surface area (TPSA) is 41.6 Å². The fourth-order valence-corrected chi connectivity index (χ4v) is 3.58. The maximum Gasteiger partial charge on any atom is 0.250 e. The molecule has 0 saturated carbocycles. The van der Waals surface area contributed by atoms with E-state index in [-0.39, 0.29) is 29.6 Å². The third kappa shape index (κ3) is 3.80. The summed E-state index contributed by atoms with van der Waals surface area (Å²) in [6, 6.07) is 0.316. The summed E-state index contributed by atoms with van der Waals surface area (Å²) in [6.07, 6.45) is 3.32. The monoisotopic (exact) mass is 324 g/mol. The molecule has 2 heterocycles. The van der Waals surface area contributed by atoms with E-state index in [1.165, 1.54) is 0 Å². The van der Waals surface area contributed by atoms with Crippen LogP contribution in [0.25, 0.3) is 0 Å². The summed E-state index contributed by atoms with van der Waals surface area (Å²) in [6.45, 7) is 12.5. The van der Waals surface area contributed by atoms with E-state index in [1.54, 1.807) is 6.08 Å². The molecule has 0 aromatic heterocycles. The van der Waals surface area contributed by atoms with Crippen LogP contribution in [0.1, 0.15) is 54.4 Å². The molecule has 1 fully saturated rings. The zero-order chi connectivity index (χ0) is 16.7. The first-order valence-corrected chi connectivity index (χ1v) is 8.51. The highest BCUT2D eigenvalue weighted by Gasteiger charge is 2.44. The van der Waals surface area contributed by atoms with Gasteiger partial charge in [-0.2, -0.15) is 0 Å². The van der Waals surface area contributed by atoms with Gasteiger partial charge >= 0.3 is 0 Å². The number of nitrogens with zero attached hydrogens (tertiary/aromatic N) is 1. The van der Waals surface area contributed by atoms with Crippen molar-refractivity contribution in [2.75, 3.05) is 0 Å². The minimum Gasteiger partial charge on any atom is -0.490 e. The second kappa shape index (κ2) is 6.19. The molecule has 2 aliphatic rings. The van der Waals surface area contributed by atoms with Crippen LogP contribution < -0.4 is 5.32 Å². The van der Waals surface area contributed by atoms with Crippen molar-refractivity contribution >= 4 is 23.1 Å². The van der Waals surface area contributed by atoms with Gasteiger partial charge in [-0.25, -0.2) is 0 Å². The van der Waals surface area contributed by atoms with Gasteiger partial charge in [0.15, 0.2) is 0 Å². The minimum absolute atomic E-state index is 0.0156. The van der Waals surface area contributed by atoms with E-state index in [9.17, 15) is 4.79 Å². The number of carbonyl (C=O) groups excluding carboxylic acids is 1. The summed E-state index contributed by atoms with van der Waals surface area (Å²) in [5.41, 5.74) is -0.299. The molecule has 0 radical (unpaired) electrons. The number of carbonyl (C=O) groups is 1. The van der Waals surface area contributed by atoms with Crippen molar-refractivity contribution in [3.05, 3.63) is 11.8 Å². The zero-order valence-corrected chi connectivity index (χ0v) is 15.3. The predicted octanol–water partition coefficient (Wildman–Crippen LogP) is 3.02.